The summed E-state index contributed by atoms with van der Waals surface area (Å²) in [6.45, 7) is 6.20. The number of allylic oxidation sites excluding steroid dienone is 1. The Morgan fingerprint density at radius 2 is 1.67 bits per heavy atom. The summed E-state index contributed by atoms with van der Waals surface area (Å²) in [5.41, 5.74) is 1.83. The maximum atomic E-state index is 15.1. The minimum absolute atomic E-state index is 0.0331. The van der Waals surface area contributed by atoms with Gasteiger partial charge < -0.3 is 29.7 Å². The number of aliphatic hydroxyl groups is 1. The number of likely N-dealkylation sites (tertiary alicyclic amines) is 1. The first-order valence-corrected chi connectivity index (χ1v) is 17.9. The summed E-state index contributed by atoms with van der Waals surface area (Å²) in [7, 11) is 0. The van der Waals surface area contributed by atoms with Crippen molar-refractivity contribution in [2.75, 3.05) is 24.6 Å². The van der Waals surface area contributed by atoms with Crippen LogP contribution in [0.1, 0.15) is 61.8 Å². The fourth-order valence-electron chi connectivity index (χ4n) is 7.97. The summed E-state index contributed by atoms with van der Waals surface area (Å²) in [6.07, 6.45) is 6.40. The Kier molecular flexibility index (Phi) is 10.4. The number of rotatable bonds is 7. The number of ether oxygens (including phenoxy) is 2. The van der Waals surface area contributed by atoms with Crippen molar-refractivity contribution in [3.8, 4) is 0 Å². The first-order chi connectivity index (χ1) is 23.6. The monoisotopic (exact) mass is 733 g/mol. The van der Waals surface area contributed by atoms with Gasteiger partial charge in [0.25, 0.3) is 5.91 Å². The van der Waals surface area contributed by atoms with Crippen LogP contribution in [-0.2, 0) is 28.7 Å². The van der Waals surface area contributed by atoms with Crippen molar-refractivity contribution >= 4 is 45.3 Å². The molecular weight excluding hydrogens is 690 g/mol. The van der Waals surface area contributed by atoms with Gasteiger partial charge in [-0.15, -0.1) is 0 Å². The first kappa shape index (κ1) is 35.0. The van der Waals surface area contributed by atoms with Gasteiger partial charge in [0.15, 0.2) is 0 Å². The number of para-hydroxylation sites is 1. The highest BCUT2D eigenvalue weighted by Gasteiger charge is 2.75. The van der Waals surface area contributed by atoms with Crippen molar-refractivity contribution in [2.45, 2.75) is 82.8 Å². The number of hydrogen-bond acceptors (Lipinski definition) is 7. The van der Waals surface area contributed by atoms with Crippen LogP contribution in [-0.4, -0.2) is 77.2 Å². The zero-order valence-electron chi connectivity index (χ0n) is 28.1. The highest BCUT2D eigenvalue weighted by molar-refractivity contribution is 9.11. The van der Waals surface area contributed by atoms with Crippen LogP contribution < -0.4 is 10.2 Å². The van der Waals surface area contributed by atoms with Gasteiger partial charge in [0, 0.05) is 36.3 Å². The van der Waals surface area contributed by atoms with Crippen molar-refractivity contribution in [3.05, 3.63) is 87.9 Å². The quantitative estimate of drug-likeness (QED) is 0.238. The Morgan fingerprint density at radius 3 is 2.39 bits per heavy atom. The van der Waals surface area contributed by atoms with Crippen LogP contribution in [0, 0.1) is 25.7 Å². The van der Waals surface area contributed by atoms with E-state index >= 15 is 4.79 Å². The molecule has 0 saturated carbocycles. The van der Waals surface area contributed by atoms with Gasteiger partial charge in [-0.2, -0.15) is 0 Å². The Labute approximate surface area is 295 Å². The van der Waals surface area contributed by atoms with Crippen LogP contribution >= 0.6 is 15.9 Å². The van der Waals surface area contributed by atoms with Gasteiger partial charge in [-0.05, 0) is 69.2 Å². The lowest BCUT2D eigenvalue weighted by atomic mass is 9.74. The average Bonchev–Trinajstić information content (AvgIpc) is 3.67. The third-order valence-electron chi connectivity index (χ3n) is 10.2. The summed E-state index contributed by atoms with van der Waals surface area (Å²) in [5, 5.41) is 12.4. The van der Waals surface area contributed by atoms with E-state index in [1.165, 1.54) is 0 Å². The number of amides is 3. The molecule has 2 aromatic rings. The first-order valence-electron chi connectivity index (χ1n) is 17.1. The summed E-state index contributed by atoms with van der Waals surface area (Å²) < 4.78 is 13.5. The highest BCUT2D eigenvalue weighted by Crippen LogP contribution is 2.59. The molecule has 2 saturated heterocycles. The fraction of sp³-hybridized carbons (Fsp3) is 0.474. The largest absolute Gasteiger partial charge is 0.455 e. The molecule has 2 aromatic carbocycles. The van der Waals surface area contributed by atoms with E-state index in [9.17, 15) is 19.5 Å². The van der Waals surface area contributed by atoms with Crippen LogP contribution in [0.2, 0.25) is 0 Å². The van der Waals surface area contributed by atoms with E-state index in [0.717, 1.165) is 16.8 Å². The molecular formula is C38H44BrN3O7. The molecule has 5 bridgehead atoms. The number of cyclic esters (lactones) is 1. The fourth-order valence-corrected chi connectivity index (χ4v) is 8.70. The normalized spacial score (nSPS) is 31.0. The predicted octanol–water partition coefficient (Wildman–Crippen LogP) is 4.81. The molecule has 260 valence electrons. The third-order valence-corrected chi connectivity index (χ3v) is 10.9. The van der Waals surface area contributed by atoms with Gasteiger partial charge in [-0.3, -0.25) is 19.2 Å². The molecule has 0 radical (unpaired) electrons. The predicted molar refractivity (Wildman–Crippen MR) is 188 cm³/mol. The molecule has 1 spiro atoms. The van der Waals surface area contributed by atoms with Crippen molar-refractivity contribution in [1.82, 2.24) is 10.2 Å². The van der Waals surface area contributed by atoms with Crippen molar-refractivity contribution in [2.24, 2.45) is 11.8 Å². The number of aliphatic hydroxyl groups excluding tert-OH is 1. The number of carbonyl (C=O) groups excluding carboxylic acids is 4. The molecule has 4 aliphatic heterocycles. The topological polar surface area (TPSA) is 125 Å². The Hall–Kier alpha value is -3.80. The van der Waals surface area contributed by atoms with E-state index in [0.29, 0.717) is 35.7 Å². The lowest BCUT2D eigenvalue weighted by molar-refractivity contribution is -0.161. The van der Waals surface area contributed by atoms with Crippen LogP contribution in [0.4, 0.5) is 5.69 Å². The van der Waals surface area contributed by atoms with E-state index in [-0.39, 0.29) is 43.8 Å². The average molecular weight is 735 g/mol. The van der Waals surface area contributed by atoms with E-state index in [4.69, 9.17) is 9.47 Å². The number of benzene rings is 2. The SMILES string of the molecule is Cc1cccc(C)c1N1C/C=C\CCC(=O)N[C@@H](C)[C@H](c2ccccc2)OC(=O)[C@H]2[C@@H]3O[C@@]4(C=C3Br)[C@@H]2C(=O)N(CCCCCO)[C@@H]4C1=O. The van der Waals surface area contributed by atoms with Crippen LogP contribution in [0.25, 0.3) is 0 Å². The summed E-state index contributed by atoms with van der Waals surface area (Å²) >= 11 is 3.63. The lowest BCUT2D eigenvalue weighted by Crippen LogP contribution is -2.56. The number of unbranched alkanes of at least 4 members (excludes halogenated alkanes) is 2. The standard InChI is InChI=1S/C38H44BrN3O7/c1-23-14-13-15-24(2)31(23)41-19-10-5-9-18-28(44)40-25(3)32(26-16-7-4-8-17-26)48-37(47)29-30-35(45)42(20-11-6-12-21-43)34(36(41)46)38(30)22-27(39)33(29)49-38/h4-5,7-8,10,13-17,22,25,29-30,32-34,43H,6,9,11-12,18-21H2,1-3H3,(H,40,44)/b10-5-/t25-,29+,30-,32+,33+,34+,38-/m0/s1. The molecule has 0 unspecified atom stereocenters. The van der Waals surface area contributed by atoms with E-state index < -0.39 is 47.7 Å². The van der Waals surface area contributed by atoms with E-state index in [1.807, 2.05) is 80.6 Å². The minimum atomic E-state index is -1.41. The number of anilines is 1. The Balaban J connectivity index is 1.47. The van der Waals surface area contributed by atoms with E-state index in [1.54, 1.807) is 16.7 Å². The molecule has 6 rings (SSSR count). The smallest absolute Gasteiger partial charge is 0.313 e. The van der Waals surface area contributed by atoms with Crippen LogP contribution in [0.3, 0.4) is 0 Å². The van der Waals surface area contributed by atoms with Gasteiger partial charge in [0.1, 0.15) is 29.8 Å². The van der Waals surface area contributed by atoms with Gasteiger partial charge in [0.05, 0.1) is 12.0 Å². The number of fused-ring (bicyclic) bond motifs is 2. The van der Waals surface area contributed by atoms with Crippen LogP contribution in [0.5, 0.6) is 0 Å². The molecule has 49 heavy (non-hydrogen) atoms. The molecule has 4 aliphatic rings. The second kappa shape index (κ2) is 14.6. The van der Waals surface area contributed by atoms with Crippen molar-refractivity contribution < 1.29 is 33.8 Å². The molecule has 7 atom stereocenters. The number of nitrogens with zero attached hydrogens (tertiary/aromatic N) is 2. The van der Waals surface area contributed by atoms with Gasteiger partial charge >= 0.3 is 5.97 Å². The molecule has 10 nitrogen and oxygen atoms in total. The second-order valence-corrected chi connectivity index (χ2v) is 14.4. The van der Waals surface area contributed by atoms with Crippen molar-refractivity contribution in [1.29, 1.82) is 0 Å². The van der Waals surface area contributed by atoms with Gasteiger partial charge in [0.2, 0.25) is 11.8 Å². The van der Waals surface area contributed by atoms with Crippen molar-refractivity contribution in [3.63, 3.8) is 0 Å². The maximum Gasteiger partial charge on any atom is 0.313 e. The second-order valence-electron chi connectivity index (χ2n) is 13.5. The zero-order valence-corrected chi connectivity index (χ0v) is 29.7. The summed E-state index contributed by atoms with van der Waals surface area (Å²) in [4.78, 5) is 60.5. The molecule has 0 aromatic heterocycles. The molecule has 2 fully saturated rings. The number of esters is 1. The highest BCUT2D eigenvalue weighted by atomic mass is 79.9. The Bertz CT molecular complexity index is 1640. The van der Waals surface area contributed by atoms with Crippen LogP contribution in [0.15, 0.2) is 71.2 Å². The van der Waals surface area contributed by atoms with Gasteiger partial charge in [-0.25, -0.2) is 0 Å². The third kappa shape index (κ3) is 6.48. The Morgan fingerprint density at radius 1 is 0.939 bits per heavy atom. The number of carbonyl (C=O) groups is 4. The molecule has 2 N–H and O–H groups in total. The maximum absolute atomic E-state index is 15.1. The molecule has 11 heteroatoms. The molecule has 0 aliphatic carbocycles. The number of halogens is 1. The lowest BCUT2D eigenvalue weighted by Gasteiger charge is -2.36. The molecule has 3 amide bonds. The summed E-state index contributed by atoms with van der Waals surface area (Å²) in [5.74, 6) is -3.49. The summed E-state index contributed by atoms with van der Waals surface area (Å²) in [6, 6.07) is 13.4. The van der Waals surface area contributed by atoms with Gasteiger partial charge in [-0.1, -0.05) is 76.6 Å². The number of nitrogens with one attached hydrogen (secondary N) is 1. The van der Waals surface area contributed by atoms with E-state index in [2.05, 4.69) is 21.2 Å². The zero-order chi connectivity index (χ0) is 34.9. The number of aryl methyl sites for hydroxylation is 2. The minimum Gasteiger partial charge on any atom is -0.455 e. The molecule has 4 heterocycles. The number of hydrogen-bond donors (Lipinski definition) is 2.